The molecule has 0 aliphatic carbocycles. The zero-order valence-corrected chi connectivity index (χ0v) is 16.0. The summed E-state index contributed by atoms with van der Waals surface area (Å²) in [6.45, 7) is 0.409. The molecule has 1 aromatic carbocycles. The SMILES string of the molecule is Cn1cccc1-c1cc(C(=O)NCc2ccncc2)n(-c2ccc(Cl)cc2)n1. The molecule has 0 saturated heterocycles. The number of halogens is 1. The van der Waals surface area contributed by atoms with E-state index in [0.717, 1.165) is 22.6 Å². The van der Waals surface area contributed by atoms with E-state index in [-0.39, 0.29) is 5.91 Å². The Kier molecular flexibility index (Phi) is 4.95. The summed E-state index contributed by atoms with van der Waals surface area (Å²) < 4.78 is 3.60. The average molecular weight is 392 g/mol. The molecule has 3 aromatic heterocycles. The van der Waals surface area contributed by atoms with Crippen molar-refractivity contribution in [3.63, 3.8) is 0 Å². The van der Waals surface area contributed by atoms with Crippen LogP contribution in [-0.4, -0.2) is 25.2 Å². The third kappa shape index (κ3) is 3.68. The van der Waals surface area contributed by atoms with Crippen LogP contribution in [0.25, 0.3) is 17.1 Å². The Morgan fingerprint density at radius 1 is 1.11 bits per heavy atom. The van der Waals surface area contributed by atoms with Gasteiger partial charge in [-0.05, 0) is 60.2 Å². The van der Waals surface area contributed by atoms with E-state index in [9.17, 15) is 4.79 Å². The molecule has 0 aliphatic rings. The number of hydrogen-bond acceptors (Lipinski definition) is 3. The molecule has 0 fully saturated rings. The minimum Gasteiger partial charge on any atom is -0.349 e. The first-order valence-electron chi connectivity index (χ1n) is 8.76. The standard InChI is InChI=1S/C21H18ClN5O/c1-26-12-2-3-19(26)18-13-20(21(28)24-14-15-8-10-23-11-9-15)27(25-18)17-6-4-16(22)5-7-17/h2-13H,14H2,1H3,(H,24,28). The van der Waals surface area contributed by atoms with Crippen LogP contribution in [0.3, 0.4) is 0 Å². The molecule has 0 unspecified atom stereocenters. The van der Waals surface area contributed by atoms with Crippen molar-refractivity contribution in [2.24, 2.45) is 7.05 Å². The molecule has 1 N–H and O–H groups in total. The second-order valence-electron chi connectivity index (χ2n) is 6.35. The minimum atomic E-state index is -0.209. The van der Waals surface area contributed by atoms with E-state index in [0.29, 0.717) is 17.3 Å². The van der Waals surface area contributed by atoms with Crippen molar-refractivity contribution in [3.05, 3.63) is 89.5 Å². The number of aryl methyl sites for hydroxylation is 1. The Morgan fingerprint density at radius 2 is 1.86 bits per heavy atom. The Balaban J connectivity index is 1.69. The van der Waals surface area contributed by atoms with Gasteiger partial charge in [0, 0.05) is 37.2 Å². The molecule has 140 valence electrons. The lowest BCUT2D eigenvalue weighted by Crippen LogP contribution is -2.25. The van der Waals surface area contributed by atoms with Crippen molar-refractivity contribution in [2.45, 2.75) is 6.54 Å². The van der Waals surface area contributed by atoms with E-state index in [4.69, 9.17) is 11.6 Å². The summed E-state index contributed by atoms with van der Waals surface area (Å²) in [6.07, 6.45) is 5.35. The molecular formula is C21H18ClN5O. The molecule has 0 saturated carbocycles. The van der Waals surface area contributed by atoms with Crippen LogP contribution < -0.4 is 5.32 Å². The number of benzene rings is 1. The topological polar surface area (TPSA) is 64.7 Å². The Hall–Kier alpha value is -3.38. The van der Waals surface area contributed by atoms with Gasteiger partial charge in [0.05, 0.1) is 11.4 Å². The Labute approximate surface area is 167 Å². The van der Waals surface area contributed by atoms with E-state index in [2.05, 4.69) is 15.4 Å². The Morgan fingerprint density at radius 3 is 2.54 bits per heavy atom. The highest BCUT2D eigenvalue weighted by atomic mass is 35.5. The number of nitrogens with zero attached hydrogens (tertiary/aromatic N) is 4. The van der Waals surface area contributed by atoms with E-state index >= 15 is 0 Å². The molecule has 0 bridgehead atoms. The molecule has 4 aromatic rings. The molecule has 6 nitrogen and oxygen atoms in total. The maximum atomic E-state index is 12.9. The van der Waals surface area contributed by atoms with Crippen molar-refractivity contribution in [1.29, 1.82) is 0 Å². The van der Waals surface area contributed by atoms with Crippen molar-refractivity contribution < 1.29 is 4.79 Å². The van der Waals surface area contributed by atoms with Crippen LogP contribution in [0, 0.1) is 0 Å². The fraction of sp³-hybridized carbons (Fsp3) is 0.0952. The summed E-state index contributed by atoms with van der Waals surface area (Å²) in [4.78, 5) is 16.9. The summed E-state index contributed by atoms with van der Waals surface area (Å²) in [6, 6.07) is 16.7. The molecule has 3 heterocycles. The molecule has 4 rings (SSSR count). The number of hydrogen-bond donors (Lipinski definition) is 1. The lowest BCUT2D eigenvalue weighted by molar-refractivity contribution is 0.0943. The van der Waals surface area contributed by atoms with Crippen molar-refractivity contribution in [3.8, 4) is 17.1 Å². The highest BCUT2D eigenvalue weighted by Gasteiger charge is 2.18. The number of nitrogens with one attached hydrogen (secondary N) is 1. The van der Waals surface area contributed by atoms with Crippen molar-refractivity contribution >= 4 is 17.5 Å². The second-order valence-corrected chi connectivity index (χ2v) is 6.78. The van der Waals surface area contributed by atoms with Crippen molar-refractivity contribution in [1.82, 2.24) is 24.6 Å². The lowest BCUT2D eigenvalue weighted by Gasteiger charge is -2.08. The molecule has 0 atom stereocenters. The summed E-state index contributed by atoms with van der Waals surface area (Å²) in [7, 11) is 1.94. The van der Waals surface area contributed by atoms with Gasteiger partial charge < -0.3 is 9.88 Å². The highest BCUT2D eigenvalue weighted by molar-refractivity contribution is 6.30. The summed E-state index contributed by atoms with van der Waals surface area (Å²) in [5.74, 6) is -0.209. The molecule has 0 radical (unpaired) electrons. The molecule has 1 amide bonds. The predicted molar refractivity (Wildman–Crippen MR) is 108 cm³/mol. The third-order valence-corrected chi connectivity index (χ3v) is 4.67. The number of aromatic nitrogens is 4. The summed E-state index contributed by atoms with van der Waals surface area (Å²) >= 11 is 6.01. The van der Waals surface area contributed by atoms with Crippen LogP contribution in [-0.2, 0) is 13.6 Å². The Bertz CT molecular complexity index is 1100. The van der Waals surface area contributed by atoms with E-state index in [1.165, 1.54) is 0 Å². The highest BCUT2D eigenvalue weighted by Crippen LogP contribution is 2.23. The summed E-state index contributed by atoms with van der Waals surface area (Å²) in [5, 5.41) is 8.25. The van der Waals surface area contributed by atoms with Gasteiger partial charge in [-0.1, -0.05) is 11.6 Å². The van der Waals surface area contributed by atoms with Gasteiger partial charge in [-0.2, -0.15) is 5.10 Å². The van der Waals surface area contributed by atoms with Gasteiger partial charge in [0.2, 0.25) is 0 Å². The number of carbonyl (C=O) groups excluding carboxylic acids is 1. The van der Waals surface area contributed by atoms with Crippen LogP contribution in [0.4, 0.5) is 0 Å². The zero-order chi connectivity index (χ0) is 19.5. The fourth-order valence-electron chi connectivity index (χ4n) is 2.95. The van der Waals surface area contributed by atoms with Gasteiger partial charge >= 0.3 is 0 Å². The normalized spacial score (nSPS) is 10.8. The number of amides is 1. The van der Waals surface area contributed by atoms with Gasteiger partial charge in [-0.15, -0.1) is 0 Å². The number of pyridine rings is 1. The zero-order valence-electron chi connectivity index (χ0n) is 15.2. The molecular weight excluding hydrogens is 374 g/mol. The maximum absolute atomic E-state index is 12.9. The van der Waals surface area contributed by atoms with Crippen LogP contribution in [0.5, 0.6) is 0 Å². The molecule has 28 heavy (non-hydrogen) atoms. The first kappa shape index (κ1) is 18.0. The first-order valence-corrected chi connectivity index (χ1v) is 9.14. The van der Waals surface area contributed by atoms with Crippen LogP contribution >= 0.6 is 11.6 Å². The van der Waals surface area contributed by atoms with E-state index in [1.54, 1.807) is 35.3 Å². The number of carbonyl (C=O) groups is 1. The quantitative estimate of drug-likeness (QED) is 0.562. The van der Waals surface area contributed by atoms with Gasteiger partial charge in [-0.3, -0.25) is 9.78 Å². The van der Waals surface area contributed by atoms with Gasteiger partial charge in [-0.25, -0.2) is 4.68 Å². The van der Waals surface area contributed by atoms with Gasteiger partial charge in [0.15, 0.2) is 0 Å². The predicted octanol–water partition coefficient (Wildman–Crippen LogP) is 3.86. The number of rotatable bonds is 5. The fourth-order valence-corrected chi connectivity index (χ4v) is 3.07. The maximum Gasteiger partial charge on any atom is 0.270 e. The molecule has 7 heteroatoms. The summed E-state index contributed by atoms with van der Waals surface area (Å²) in [5.41, 5.74) is 3.84. The van der Waals surface area contributed by atoms with Crippen LogP contribution in [0.2, 0.25) is 5.02 Å². The van der Waals surface area contributed by atoms with E-state index in [1.807, 2.05) is 54.2 Å². The van der Waals surface area contributed by atoms with Crippen molar-refractivity contribution in [2.75, 3.05) is 0 Å². The molecule has 0 aliphatic heterocycles. The first-order chi connectivity index (χ1) is 13.6. The minimum absolute atomic E-state index is 0.209. The van der Waals surface area contributed by atoms with Gasteiger partial charge in [0.1, 0.15) is 11.4 Å². The lowest BCUT2D eigenvalue weighted by atomic mass is 10.2. The van der Waals surface area contributed by atoms with Crippen LogP contribution in [0.15, 0.2) is 73.2 Å². The largest absolute Gasteiger partial charge is 0.349 e. The van der Waals surface area contributed by atoms with Gasteiger partial charge in [0.25, 0.3) is 5.91 Å². The second kappa shape index (κ2) is 7.70. The third-order valence-electron chi connectivity index (χ3n) is 4.42. The van der Waals surface area contributed by atoms with Crippen LogP contribution in [0.1, 0.15) is 16.1 Å². The smallest absolute Gasteiger partial charge is 0.270 e. The average Bonchev–Trinajstić information content (AvgIpc) is 3.34. The van der Waals surface area contributed by atoms with E-state index < -0.39 is 0 Å². The monoisotopic (exact) mass is 391 g/mol. The molecule has 0 spiro atoms.